The Hall–Kier alpha value is -1.11. The number of hydrogen-bond donors (Lipinski definition) is 1. The predicted molar refractivity (Wildman–Crippen MR) is 46.6 cm³/mol. The van der Waals surface area contributed by atoms with Gasteiger partial charge in [-0.05, 0) is 17.7 Å². The first-order chi connectivity index (χ1) is 5.83. The third kappa shape index (κ3) is 2.87. The van der Waals surface area contributed by atoms with Crippen LogP contribution >= 0.6 is 11.6 Å². The van der Waals surface area contributed by atoms with Crippen molar-refractivity contribution < 1.29 is 0 Å². The van der Waals surface area contributed by atoms with E-state index in [2.05, 4.69) is 10.3 Å². The monoisotopic (exact) mass is 181 g/mol. The fourth-order valence-corrected chi connectivity index (χ4v) is 1.01. The number of rotatable bonds is 3. The summed E-state index contributed by atoms with van der Waals surface area (Å²) in [6, 6.07) is 5.62. The molecule has 62 valence electrons. The molecule has 1 heterocycles. The molecule has 0 unspecified atom stereocenters. The lowest BCUT2D eigenvalue weighted by Gasteiger charge is -1.99. The maximum Gasteiger partial charge on any atom is 0.129 e. The van der Waals surface area contributed by atoms with Crippen molar-refractivity contribution in [3.63, 3.8) is 0 Å². The highest BCUT2D eigenvalue weighted by molar-refractivity contribution is 6.29. The Balaban J connectivity index is 2.48. The van der Waals surface area contributed by atoms with Gasteiger partial charge in [0.15, 0.2) is 0 Å². The average molecular weight is 182 g/mol. The first-order valence-corrected chi connectivity index (χ1v) is 3.89. The number of nitrogens with zero attached hydrogens (tertiary/aromatic N) is 2. The fraction of sp³-hybridized carbons (Fsp3) is 0.250. The van der Waals surface area contributed by atoms with Gasteiger partial charge in [-0.2, -0.15) is 5.26 Å². The first kappa shape index (κ1) is 8.98. The van der Waals surface area contributed by atoms with Crippen molar-refractivity contribution in [3.8, 4) is 6.07 Å². The van der Waals surface area contributed by atoms with Crippen LogP contribution in [0.2, 0.25) is 5.15 Å². The maximum absolute atomic E-state index is 8.25. The van der Waals surface area contributed by atoms with E-state index in [-0.39, 0.29) is 0 Å². The van der Waals surface area contributed by atoms with Crippen molar-refractivity contribution in [2.24, 2.45) is 0 Å². The van der Waals surface area contributed by atoms with Crippen molar-refractivity contribution >= 4 is 11.6 Å². The minimum absolute atomic E-state index is 0.347. The summed E-state index contributed by atoms with van der Waals surface area (Å²) in [4.78, 5) is 3.84. The Morgan fingerprint density at radius 2 is 2.50 bits per heavy atom. The summed E-state index contributed by atoms with van der Waals surface area (Å²) in [5.74, 6) is 0. The number of aromatic nitrogens is 1. The van der Waals surface area contributed by atoms with Gasteiger partial charge >= 0.3 is 0 Å². The third-order valence-electron chi connectivity index (χ3n) is 1.32. The summed E-state index contributed by atoms with van der Waals surface area (Å²) in [5.41, 5.74) is 1.03. The van der Waals surface area contributed by atoms with Gasteiger partial charge in [0.05, 0.1) is 12.6 Å². The van der Waals surface area contributed by atoms with E-state index in [4.69, 9.17) is 16.9 Å². The van der Waals surface area contributed by atoms with Gasteiger partial charge in [0, 0.05) is 12.7 Å². The lowest BCUT2D eigenvalue weighted by atomic mass is 10.3. The van der Waals surface area contributed by atoms with Crippen LogP contribution in [0, 0.1) is 11.3 Å². The van der Waals surface area contributed by atoms with Gasteiger partial charge in [0.2, 0.25) is 0 Å². The SMILES string of the molecule is N#CCNCc1ccnc(Cl)c1. The largest absolute Gasteiger partial charge is 0.300 e. The van der Waals surface area contributed by atoms with Crippen molar-refractivity contribution in [1.82, 2.24) is 10.3 Å². The molecule has 0 aromatic carbocycles. The standard InChI is InChI=1S/C8H8ClN3/c9-8-5-7(1-3-12-8)6-11-4-2-10/h1,3,5,11H,4,6H2. The van der Waals surface area contributed by atoms with E-state index in [1.807, 2.05) is 12.1 Å². The zero-order chi connectivity index (χ0) is 8.81. The predicted octanol–water partition coefficient (Wildman–Crippen LogP) is 1.35. The smallest absolute Gasteiger partial charge is 0.129 e. The second-order valence-corrected chi connectivity index (χ2v) is 2.64. The second kappa shape index (κ2) is 4.70. The summed E-state index contributed by atoms with van der Waals surface area (Å²) in [7, 11) is 0. The number of halogens is 1. The minimum Gasteiger partial charge on any atom is -0.300 e. The Bertz CT molecular complexity index is 293. The van der Waals surface area contributed by atoms with Crippen LogP contribution in [0.3, 0.4) is 0 Å². The van der Waals surface area contributed by atoms with Crippen LogP contribution in [-0.4, -0.2) is 11.5 Å². The third-order valence-corrected chi connectivity index (χ3v) is 1.53. The van der Waals surface area contributed by atoms with Gasteiger partial charge in [-0.25, -0.2) is 4.98 Å². The van der Waals surface area contributed by atoms with Crippen LogP contribution in [0.5, 0.6) is 0 Å². The molecular weight excluding hydrogens is 174 g/mol. The second-order valence-electron chi connectivity index (χ2n) is 2.25. The van der Waals surface area contributed by atoms with E-state index in [9.17, 15) is 0 Å². The lowest BCUT2D eigenvalue weighted by Crippen LogP contribution is -2.12. The Morgan fingerprint density at radius 1 is 1.67 bits per heavy atom. The number of nitriles is 1. The molecule has 12 heavy (non-hydrogen) atoms. The highest BCUT2D eigenvalue weighted by Gasteiger charge is 1.93. The van der Waals surface area contributed by atoms with Gasteiger partial charge in [-0.1, -0.05) is 11.6 Å². The van der Waals surface area contributed by atoms with Crippen molar-refractivity contribution in [3.05, 3.63) is 29.0 Å². The zero-order valence-corrected chi connectivity index (χ0v) is 7.17. The van der Waals surface area contributed by atoms with E-state index < -0.39 is 0 Å². The highest BCUT2D eigenvalue weighted by atomic mass is 35.5. The molecule has 0 aliphatic rings. The summed E-state index contributed by atoms with van der Waals surface area (Å²) in [5, 5.41) is 11.7. The molecule has 0 saturated heterocycles. The molecule has 0 atom stereocenters. The molecule has 0 saturated carbocycles. The molecule has 0 fully saturated rings. The van der Waals surface area contributed by atoms with Gasteiger partial charge in [-0.15, -0.1) is 0 Å². The van der Waals surface area contributed by atoms with E-state index in [0.717, 1.165) is 5.56 Å². The molecule has 4 heteroatoms. The van der Waals surface area contributed by atoms with E-state index in [0.29, 0.717) is 18.2 Å². The van der Waals surface area contributed by atoms with Crippen LogP contribution in [0.25, 0.3) is 0 Å². The normalized spacial score (nSPS) is 9.33. The summed E-state index contributed by atoms with van der Waals surface area (Å²) in [6.45, 7) is 0.996. The molecule has 1 aromatic rings. The van der Waals surface area contributed by atoms with Crippen LogP contribution < -0.4 is 5.32 Å². The molecule has 1 aromatic heterocycles. The van der Waals surface area contributed by atoms with Crippen LogP contribution in [0.4, 0.5) is 0 Å². The van der Waals surface area contributed by atoms with E-state index in [1.165, 1.54) is 0 Å². The summed E-state index contributed by atoms with van der Waals surface area (Å²) >= 11 is 5.65. The van der Waals surface area contributed by atoms with E-state index >= 15 is 0 Å². The topological polar surface area (TPSA) is 48.7 Å². The zero-order valence-electron chi connectivity index (χ0n) is 6.42. The fourth-order valence-electron chi connectivity index (χ4n) is 0.815. The maximum atomic E-state index is 8.25. The Labute approximate surface area is 76.0 Å². The van der Waals surface area contributed by atoms with Crippen LogP contribution in [-0.2, 0) is 6.54 Å². The molecular formula is C8H8ClN3. The van der Waals surface area contributed by atoms with Crippen molar-refractivity contribution in [1.29, 1.82) is 5.26 Å². The van der Waals surface area contributed by atoms with Gasteiger partial charge in [0.1, 0.15) is 5.15 Å². The number of hydrogen-bond acceptors (Lipinski definition) is 3. The summed E-state index contributed by atoms with van der Waals surface area (Å²) in [6.07, 6.45) is 1.64. The van der Waals surface area contributed by atoms with Crippen molar-refractivity contribution in [2.75, 3.05) is 6.54 Å². The summed E-state index contributed by atoms with van der Waals surface area (Å²) < 4.78 is 0. The molecule has 1 rings (SSSR count). The van der Waals surface area contributed by atoms with Crippen LogP contribution in [0.15, 0.2) is 18.3 Å². The van der Waals surface area contributed by atoms with E-state index in [1.54, 1.807) is 12.3 Å². The molecule has 0 radical (unpaired) electrons. The molecule has 0 bridgehead atoms. The first-order valence-electron chi connectivity index (χ1n) is 3.51. The molecule has 0 aliphatic carbocycles. The molecule has 0 aliphatic heterocycles. The quantitative estimate of drug-likeness (QED) is 0.435. The Morgan fingerprint density at radius 3 is 3.17 bits per heavy atom. The Kier molecular flexibility index (Phi) is 3.52. The lowest BCUT2D eigenvalue weighted by molar-refractivity contribution is 0.764. The molecule has 0 spiro atoms. The van der Waals surface area contributed by atoms with Gasteiger partial charge in [0.25, 0.3) is 0 Å². The minimum atomic E-state index is 0.347. The van der Waals surface area contributed by atoms with Gasteiger partial charge in [-0.3, -0.25) is 0 Å². The van der Waals surface area contributed by atoms with Gasteiger partial charge < -0.3 is 5.32 Å². The average Bonchev–Trinajstić information content (AvgIpc) is 2.05. The number of pyridine rings is 1. The number of nitrogens with one attached hydrogen (secondary N) is 1. The van der Waals surface area contributed by atoms with Crippen LogP contribution in [0.1, 0.15) is 5.56 Å². The molecule has 3 nitrogen and oxygen atoms in total. The molecule has 0 amide bonds. The highest BCUT2D eigenvalue weighted by Crippen LogP contribution is 2.05. The van der Waals surface area contributed by atoms with Crippen molar-refractivity contribution in [2.45, 2.75) is 6.54 Å². The molecule has 1 N–H and O–H groups in total.